The number of nitrogens with two attached hydrogens (primary N) is 1. The van der Waals surface area contributed by atoms with E-state index in [-0.39, 0.29) is 24.3 Å². The third kappa shape index (κ3) is 3.68. The second kappa shape index (κ2) is 5.67. The molecule has 1 rings (SSSR count). The maximum Gasteiger partial charge on any atom is 0.305 e. The number of rotatable bonds is 3. The van der Waals surface area contributed by atoms with Gasteiger partial charge in [0, 0.05) is 6.54 Å². The average molecular weight is 258 g/mol. The maximum absolute atomic E-state index is 12.3. The van der Waals surface area contributed by atoms with Gasteiger partial charge in [-0.25, -0.2) is 0 Å². The maximum atomic E-state index is 12.3. The van der Waals surface area contributed by atoms with E-state index in [2.05, 4.69) is 0 Å². The van der Waals surface area contributed by atoms with Crippen molar-refractivity contribution in [1.29, 1.82) is 0 Å². The summed E-state index contributed by atoms with van der Waals surface area (Å²) in [4.78, 5) is 24.6. The zero-order chi connectivity index (χ0) is 13.9. The Bertz CT molecular complexity index is 325. The number of carboxylic acids is 1. The third-order valence-corrected chi connectivity index (χ3v) is 3.12. The van der Waals surface area contributed by atoms with Crippen molar-refractivity contribution in [2.45, 2.75) is 39.3 Å². The molecule has 1 heterocycles. The Labute approximate surface area is 107 Å². The molecule has 0 aliphatic carbocycles. The van der Waals surface area contributed by atoms with E-state index in [1.54, 1.807) is 4.90 Å². The molecule has 0 aromatic heterocycles. The molecule has 18 heavy (non-hydrogen) atoms. The smallest absolute Gasteiger partial charge is 0.305 e. The van der Waals surface area contributed by atoms with E-state index in [1.165, 1.54) is 0 Å². The van der Waals surface area contributed by atoms with Gasteiger partial charge in [0.15, 0.2) is 0 Å². The molecule has 0 radical (unpaired) electrons. The van der Waals surface area contributed by atoms with Crippen LogP contribution < -0.4 is 5.73 Å². The van der Waals surface area contributed by atoms with Crippen molar-refractivity contribution in [3.8, 4) is 0 Å². The Morgan fingerprint density at radius 2 is 2.11 bits per heavy atom. The predicted octanol–water partition coefficient (Wildman–Crippen LogP) is 0.0619. The van der Waals surface area contributed by atoms with Crippen LogP contribution in [0.2, 0.25) is 0 Å². The van der Waals surface area contributed by atoms with Gasteiger partial charge < -0.3 is 20.5 Å². The summed E-state index contributed by atoms with van der Waals surface area (Å²) in [6.07, 6.45) is -0.109. The highest BCUT2D eigenvalue weighted by Gasteiger charge is 2.36. The normalized spacial score (nSPS) is 22.7. The minimum Gasteiger partial charge on any atom is -0.481 e. The topological polar surface area (TPSA) is 92.9 Å². The van der Waals surface area contributed by atoms with E-state index in [0.717, 1.165) is 0 Å². The lowest BCUT2D eigenvalue weighted by Gasteiger charge is -2.39. The number of amides is 1. The van der Waals surface area contributed by atoms with Crippen LogP contribution in [0, 0.1) is 5.41 Å². The molecular formula is C12H22N2O4. The van der Waals surface area contributed by atoms with Crippen molar-refractivity contribution in [3.05, 3.63) is 0 Å². The fraction of sp³-hybridized carbons (Fsp3) is 0.833. The van der Waals surface area contributed by atoms with E-state index in [0.29, 0.717) is 13.2 Å². The van der Waals surface area contributed by atoms with Crippen molar-refractivity contribution in [3.63, 3.8) is 0 Å². The zero-order valence-electron chi connectivity index (χ0n) is 11.2. The van der Waals surface area contributed by atoms with E-state index in [4.69, 9.17) is 15.6 Å². The highest BCUT2D eigenvalue weighted by atomic mass is 16.5. The summed E-state index contributed by atoms with van der Waals surface area (Å²) in [6, 6.07) is -1.05. The molecule has 3 N–H and O–H groups in total. The molecule has 2 atom stereocenters. The molecule has 104 valence electrons. The van der Waals surface area contributed by atoms with Gasteiger partial charge in [0.2, 0.25) is 5.91 Å². The van der Waals surface area contributed by atoms with Gasteiger partial charge in [0.05, 0.1) is 31.7 Å². The molecule has 6 nitrogen and oxygen atoms in total. The quantitative estimate of drug-likeness (QED) is 0.747. The fourth-order valence-electron chi connectivity index (χ4n) is 1.86. The van der Waals surface area contributed by atoms with Crippen LogP contribution in [0.25, 0.3) is 0 Å². The molecule has 0 spiro atoms. The van der Waals surface area contributed by atoms with Crippen LogP contribution >= 0.6 is 0 Å². The van der Waals surface area contributed by atoms with Crippen molar-refractivity contribution < 1.29 is 19.4 Å². The van der Waals surface area contributed by atoms with Crippen molar-refractivity contribution >= 4 is 11.9 Å². The Morgan fingerprint density at radius 3 is 2.61 bits per heavy atom. The van der Waals surface area contributed by atoms with Gasteiger partial charge in [-0.15, -0.1) is 0 Å². The SMILES string of the molecule is CC(C)(C)[C@@H](N)C(=O)N1CCOCC1CC(=O)O. The summed E-state index contributed by atoms with van der Waals surface area (Å²) in [5, 5.41) is 8.84. The zero-order valence-corrected chi connectivity index (χ0v) is 11.2. The summed E-state index contributed by atoms with van der Waals surface area (Å²) < 4.78 is 5.23. The number of ether oxygens (including phenoxy) is 1. The monoisotopic (exact) mass is 258 g/mol. The molecule has 0 aromatic carbocycles. The van der Waals surface area contributed by atoms with Crippen LogP contribution in [0.3, 0.4) is 0 Å². The van der Waals surface area contributed by atoms with Gasteiger partial charge >= 0.3 is 5.97 Å². The van der Waals surface area contributed by atoms with E-state index in [9.17, 15) is 9.59 Å². The molecule has 1 unspecified atom stereocenters. The van der Waals surface area contributed by atoms with E-state index in [1.807, 2.05) is 20.8 Å². The number of carbonyl (C=O) groups is 2. The van der Waals surface area contributed by atoms with Gasteiger partial charge in [0.1, 0.15) is 0 Å². The average Bonchev–Trinajstić information content (AvgIpc) is 2.26. The lowest BCUT2D eigenvalue weighted by Crippen LogP contribution is -2.57. The van der Waals surface area contributed by atoms with Crippen molar-refractivity contribution in [1.82, 2.24) is 4.90 Å². The third-order valence-electron chi connectivity index (χ3n) is 3.12. The number of carbonyl (C=O) groups excluding carboxylic acids is 1. The van der Waals surface area contributed by atoms with Crippen LogP contribution in [0.15, 0.2) is 0 Å². The highest BCUT2D eigenvalue weighted by molar-refractivity contribution is 5.83. The predicted molar refractivity (Wildman–Crippen MR) is 66.0 cm³/mol. The lowest BCUT2D eigenvalue weighted by molar-refractivity contribution is -0.148. The van der Waals surface area contributed by atoms with Crippen molar-refractivity contribution in [2.24, 2.45) is 11.1 Å². The molecule has 0 aromatic rings. The number of nitrogens with zero attached hydrogens (tertiary/aromatic N) is 1. The van der Waals surface area contributed by atoms with Crippen LogP contribution in [0.1, 0.15) is 27.2 Å². The van der Waals surface area contributed by atoms with Crippen LogP contribution in [0.5, 0.6) is 0 Å². The summed E-state index contributed by atoms with van der Waals surface area (Å²) >= 11 is 0. The standard InChI is InChI=1S/C12H22N2O4/c1-12(2,3)10(13)11(17)14-4-5-18-7-8(14)6-9(15)16/h8,10H,4-7,13H2,1-3H3,(H,15,16)/t8?,10-/m0/s1. The molecule has 1 aliphatic heterocycles. The Balaban J connectivity index is 2.77. The molecule has 0 saturated carbocycles. The summed E-state index contributed by atoms with van der Waals surface area (Å²) in [5.74, 6) is -1.13. The van der Waals surface area contributed by atoms with Gasteiger partial charge in [0.25, 0.3) is 0 Å². The molecule has 1 fully saturated rings. The molecule has 6 heteroatoms. The van der Waals surface area contributed by atoms with Gasteiger partial charge in [-0.05, 0) is 5.41 Å². The van der Waals surface area contributed by atoms with E-state index < -0.39 is 18.1 Å². The minimum absolute atomic E-state index is 0.109. The van der Waals surface area contributed by atoms with Crippen LogP contribution in [-0.4, -0.2) is 53.7 Å². The summed E-state index contributed by atoms with van der Waals surface area (Å²) in [5.41, 5.74) is 5.59. The van der Waals surface area contributed by atoms with Gasteiger partial charge in [-0.3, -0.25) is 9.59 Å². The Kier molecular flexibility index (Phi) is 4.70. The molecule has 1 aliphatic rings. The number of hydrogen-bond acceptors (Lipinski definition) is 4. The largest absolute Gasteiger partial charge is 0.481 e. The summed E-state index contributed by atoms with van der Waals surface area (Å²) in [6.45, 7) is 6.76. The van der Waals surface area contributed by atoms with Gasteiger partial charge in [-0.1, -0.05) is 20.8 Å². The minimum atomic E-state index is -0.937. The highest BCUT2D eigenvalue weighted by Crippen LogP contribution is 2.21. The molecular weight excluding hydrogens is 236 g/mol. The lowest BCUT2D eigenvalue weighted by atomic mass is 9.86. The number of morpholine rings is 1. The Hall–Kier alpha value is -1.14. The second-order valence-corrected chi connectivity index (χ2v) is 5.70. The van der Waals surface area contributed by atoms with Crippen molar-refractivity contribution in [2.75, 3.05) is 19.8 Å². The number of hydrogen-bond donors (Lipinski definition) is 2. The van der Waals surface area contributed by atoms with Crippen LogP contribution in [0.4, 0.5) is 0 Å². The number of carboxylic acid groups (broad SMARTS) is 1. The van der Waals surface area contributed by atoms with Gasteiger partial charge in [-0.2, -0.15) is 0 Å². The fourth-order valence-corrected chi connectivity index (χ4v) is 1.86. The first kappa shape index (κ1) is 14.9. The second-order valence-electron chi connectivity index (χ2n) is 5.70. The van der Waals surface area contributed by atoms with Crippen LogP contribution in [-0.2, 0) is 14.3 Å². The molecule has 1 saturated heterocycles. The first-order chi connectivity index (χ1) is 8.23. The van der Waals surface area contributed by atoms with E-state index >= 15 is 0 Å². The summed E-state index contributed by atoms with van der Waals surface area (Å²) in [7, 11) is 0. The first-order valence-electron chi connectivity index (χ1n) is 6.09. The molecule has 1 amide bonds. The molecule has 0 bridgehead atoms. The first-order valence-corrected chi connectivity index (χ1v) is 6.09. The Morgan fingerprint density at radius 1 is 1.50 bits per heavy atom. The number of aliphatic carboxylic acids is 1.